The largest absolute Gasteiger partial charge is 0.456 e. The summed E-state index contributed by atoms with van der Waals surface area (Å²) in [4.78, 5) is 0. The Balaban J connectivity index is 1.07. The van der Waals surface area contributed by atoms with Crippen LogP contribution in [0.5, 0.6) is 0 Å². The van der Waals surface area contributed by atoms with Gasteiger partial charge >= 0.3 is 0 Å². The number of hydrogen-bond donors (Lipinski definition) is 0. The number of nitrogens with zero attached hydrogens (tertiary/aromatic N) is 1. The lowest BCUT2D eigenvalue weighted by molar-refractivity contribution is 0.668. The van der Waals surface area contributed by atoms with Crippen molar-refractivity contribution in [3.8, 4) is 16.8 Å². The fourth-order valence-electron chi connectivity index (χ4n) is 10.2. The van der Waals surface area contributed by atoms with Gasteiger partial charge in [-0.1, -0.05) is 97.6 Å². The summed E-state index contributed by atoms with van der Waals surface area (Å²) in [5, 5.41) is 11.3. The van der Waals surface area contributed by atoms with Gasteiger partial charge in [0.1, 0.15) is 33.5 Å². The molecule has 0 amide bonds. The molecule has 0 aliphatic rings. The highest BCUT2D eigenvalue weighted by Gasteiger charge is 2.24. The molecule has 4 nitrogen and oxygen atoms in total. The zero-order valence-corrected chi connectivity index (χ0v) is 34.3. The van der Waals surface area contributed by atoms with Gasteiger partial charge < -0.3 is 17.8 Å². The molecule has 0 N–H and O–H groups in total. The molecule has 0 bridgehead atoms. The van der Waals surface area contributed by atoms with Crippen LogP contribution in [0, 0.1) is 6.92 Å². The van der Waals surface area contributed by atoms with Gasteiger partial charge in [0.05, 0.1) is 16.4 Å². The van der Waals surface area contributed by atoms with E-state index >= 15 is 0 Å². The fourth-order valence-corrected chi connectivity index (χ4v) is 11.4. The van der Waals surface area contributed by atoms with E-state index in [1.807, 2.05) is 41.7 Å². The fraction of sp³-hybridized carbons (Fsp3) is 0.0175. The first kappa shape index (κ1) is 33.9. The van der Waals surface area contributed by atoms with Crippen molar-refractivity contribution in [3.63, 3.8) is 0 Å². The third-order valence-electron chi connectivity index (χ3n) is 13.1. The maximum absolute atomic E-state index is 6.81. The van der Waals surface area contributed by atoms with E-state index in [1.54, 1.807) is 0 Å². The molecule has 5 heterocycles. The molecule has 9 aromatic carbocycles. The van der Waals surface area contributed by atoms with E-state index < -0.39 is 0 Å². The smallest absolute Gasteiger partial charge is 0.145 e. The second kappa shape index (κ2) is 12.4. The maximum atomic E-state index is 6.81. The molecule has 62 heavy (non-hydrogen) atoms. The van der Waals surface area contributed by atoms with E-state index in [-0.39, 0.29) is 0 Å². The number of hydrogen-bond acceptors (Lipinski definition) is 4. The summed E-state index contributed by atoms with van der Waals surface area (Å²) in [5.74, 6) is 0. The van der Waals surface area contributed by atoms with E-state index in [9.17, 15) is 0 Å². The highest BCUT2D eigenvalue weighted by molar-refractivity contribution is 7.25. The molecule has 0 aliphatic carbocycles. The SMILES string of the molecule is C=C(c1ccccc1)c1ccc2c(oc3ccccc32)c1-c1cc2c(cc1C)sc1cc3c(cc12)c1c2oc4ccccc4c2ccc1n3-c1ccc2oc3ccccc3c2c1. The van der Waals surface area contributed by atoms with Gasteiger partial charge in [-0.3, -0.25) is 0 Å². The molecule has 0 aliphatic heterocycles. The van der Waals surface area contributed by atoms with Crippen LogP contribution >= 0.6 is 11.3 Å². The summed E-state index contributed by atoms with van der Waals surface area (Å²) < 4.78 is 24.8. The van der Waals surface area contributed by atoms with Gasteiger partial charge in [0.15, 0.2) is 0 Å². The Kier molecular flexibility index (Phi) is 6.76. The molecule has 0 fully saturated rings. The van der Waals surface area contributed by atoms with Crippen molar-refractivity contribution in [2.75, 3.05) is 0 Å². The molecular formula is C57H33NO3S. The Morgan fingerprint density at radius 1 is 0.468 bits per heavy atom. The Bertz CT molecular complexity index is 4250. The molecule has 290 valence electrons. The second-order valence-electron chi connectivity index (χ2n) is 16.5. The van der Waals surface area contributed by atoms with E-state index in [1.165, 1.54) is 25.7 Å². The molecule has 0 spiro atoms. The number of aromatic nitrogens is 1. The van der Waals surface area contributed by atoms with E-state index in [0.717, 1.165) is 121 Å². The molecule has 0 saturated heterocycles. The van der Waals surface area contributed by atoms with Crippen LogP contribution in [0.1, 0.15) is 16.7 Å². The Morgan fingerprint density at radius 3 is 1.85 bits per heavy atom. The highest BCUT2D eigenvalue weighted by atomic mass is 32.1. The maximum Gasteiger partial charge on any atom is 0.145 e. The number of aryl methyl sites for hydroxylation is 1. The second-order valence-corrected chi connectivity index (χ2v) is 17.6. The van der Waals surface area contributed by atoms with Crippen LogP contribution in [-0.4, -0.2) is 4.57 Å². The average Bonchev–Trinajstić information content (AvgIpc) is 4.12. The number of furan rings is 3. The summed E-state index contributed by atoms with van der Waals surface area (Å²) in [7, 11) is 0. The van der Waals surface area contributed by atoms with Gasteiger partial charge in [0, 0.05) is 69.1 Å². The summed E-state index contributed by atoms with van der Waals surface area (Å²) in [6.45, 7) is 6.90. The predicted octanol–water partition coefficient (Wildman–Crippen LogP) is 16.9. The Labute approximate surface area is 357 Å². The van der Waals surface area contributed by atoms with Crippen LogP contribution in [0.25, 0.3) is 130 Å². The topological polar surface area (TPSA) is 44.4 Å². The molecular weight excluding hydrogens is 779 g/mol. The normalized spacial score (nSPS) is 12.3. The lowest BCUT2D eigenvalue weighted by atomic mass is 9.87. The first-order valence-corrected chi connectivity index (χ1v) is 21.7. The number of benzene rings is 9. The zero-order valence-electron chi connectivity index (χ0n) is 33.5. The summed E-state index contributed by atoms with van der Waals surface area (Å²) in [6.07, 6.45) is 0. The van der Waals surface area contributed by atoms with Crippen LogP contribution in [0.4, 0.5) is 0 Å². The van der Waals surface area contributed by atoms with Crippen LogP contribution < -0.4 is 0 Å². The van der Waals surface area contributed by atoms with Crippen molar-refractivity contribution in [3.05, 3.63) is 193 Å². The molecule has 0 unspecified atom stereocenters. The van der Waals surface area contributed by atoms with Crippen LogP contribution in [0.2, 0.25) is 0 Å². The van der Waals surface area contributed by atoms with Crippen molar-refractivity contribution in [2.45, 2.75) is 6.92 Å². The van der Waals surface area contributed by atoms with Gasteiger partial charge in [-0.2, -0.15) is 0 Å². The van der Waals surface area contributed by atoms with E-state index in [2.05, 4.69) is 158 Å². The standard InChI is InChI=1S/C57H33NO3S/c1-31-26-52-43(28-41(31)54-35(32(2)33-12-4-3-5-13-33)21-22-39-36-14-6-10-18-49(36)60-56(39)54)44-29-45-47(30-53(44)62-52)58(34-20-25-51-42(27-34)38-16-8-9-17-48(38)59-51)46-24-23-40-37-15-7-11-19-50(37)61-57(40)55(45)46/h3-30H,2H2,1H3. The third kappa shape index (κ3) is 4.60. The van der Waals surface area contributed by atoms with Crippen LogP contribution in [0.15, 0.2) is 190 Å². The molecule has 5 aromatic heterocycles. The van der Waals surface area contributed by atoms with Gasteiger partial charge in [-0.05, 0) is 114 Å². The zero-order chi connectivity index (χ0) is 40.8. The minimum Gasteiger partial charge on any atom is -0.456 e. The molecule has 0 atom stereocenters. The number of thiophene rings is 1. The number of para-hydroxylation sites is 3. The Morgan fingerprint density at radius 2 is 1.08 bits per heavy atom. The predicted molar refractivity (Wildman–Crippen MR) is 260 cm³/mol. The number of rotatable bonds is 4. The molecule has 0 radical (unpaired) electrons. The van der Waals surface area contributed by atoms with Crippen LogP contribution in [0.3, 0.4) is 0 Å². The van der Waals surface area contributed by atoms with E-state index in [0.29, 0.717) is 0 Å². The third-order valence-corrected chi connectivity index (χ3v) is 14.2. The first-order chi connectivity index (χ1) is 30.6. The van der Waals surface area contributed by atoms with Crippen molar-refractivity contribution in [2.24, 2.45) is 0 Å². The monoisotopic (exact) mass is 811 g/mol. The molecule has 5 heteroatoms. The Hall–Kier alpha value is -7.86. The summed E-state index contributed by atoms with van der Waals surface area (Å²) in [5.41, 5.74) is 15.1. The quantitative estimate of drug-likeness (QED) is 0.178. The molecule has 14 rings (SSSR count). The van der Waals surface area contributed by atoms with Gasteiger partial charge in [0.2, 0.25) is 0 Å². The summed E-state index contributed by atoms with van der Waals surface area (Å²) in [6, 6.07) is 60.4. The lowest BCUT2D eigenvalue weighted by Gasteiger charge is -2.16. The lowest BCUT2D eigenvalue weighted by Crippen LogP contribution is -1.94. The summed E-state index contributed by atoms with van der Waals surface area (Å²) >= 11 is 1.84. The van der Waals surface area contributed by atoms with Crippen molar-refractivity contribution in [1.29, 1.82) is 0 Å². The van der Waals surface area contributed by atoms with Crippen molar-refractivity contribution in [1.82, 2.24) is 4.57 Å². The molecule has 14 aromatic rings. The average molecular weight is 812 g/mol. The van der Waals surface area contributed by atoms with Crippen LogP contribution in [-0.2, 0) is 0 Å². The number of fused-ring (bicyclic) bond motifs is 16. The van der Waals surface area contributed by atoms with Gasteiger partial charge in [-0.25, -0.2) is 0 Å². The molecule has 0 saturated carbocycles. The van der Waals surface area contributed by atoms with Gasteiger partial charge in [0.25, 0.3) is 0 Å². The van der Waals surface area contributed by atoms with E-state index in [4.69, 9.17) is 13.3 Å². The van der Waals surface area contributed by atoms with Crippen molar-refractivity contribution < 1.29 is 13.3 Å². The van der Waals surface area contributed by atoms with Crippen molar-refractivity contribution >= 4 is 125 Å². The first-order valence-electron chi connectivity index (χ1n) is 20.9. The van der Waals surface area contributed by atoms with Gasteiger partial charge in [-0.15, -0.1) is 11.3 Å². The highest BCUT2D eigenvalue weighted by Crippen LogP contribution is 2.48. The minimum absolute atomic E-state index is 0.877. The minimum atomic E-state index is 0.877.